The number of rotatable bonds is 11. The van der Waals surface area contributed by atoms with E-state index in [9.17, 15) is 0 Å². The number of nitrogens with one attached hydrogen (secondary N) is 2. The molecule has 5 nitrogen and oxygen atoms in total. The quantitative estimate of drug-likeness (QED) is 0.350. The van der Waals surface area contributed by atoms with E-state index in [4.69, 9.17) is 9.47 Å². The molecule has 5 heteroatoms. The van der Waals surface area contributed by atoms with Crippen LogP contribution in [0.15, 0.2) is 4.99 Å². The molecule has 0 saturated carbocycles. The Balaban J connectivity index is 2.06. The van der Waals surface area contributed by atoms with Gasteiger partial charge in [0.25, 0.3) is 0 Å². The van der Waals surface area contributed by atoms with Crippen LogP contribution in [0.5, 0.6) is 0 Å². The fraction of sp³-hybridized carbons (Fsp3) is 0.941. The van der Waals surface area contributed by atoms with Gasteiger partial charge in [0, 0.05) is 32.8 Å². The summed E-state index contributed by atoms with van der Waals surface area (Å²) in [6, 6.07) is 0. The molecular weight excluding hydrogens is 278 g/mol. The lowest BCUT2D eigenvalue weighted by Gasteiger charge is -2.12. The molecule has 0 spiro atoms. The molecular formula is C17H35N3O2. The molecule has 1 rings (SSSR count). The minimum atomic E-state index is 0.302. The lowest BCUT2D eigenvalue weighted by atomic mass is 10.1. The van der Waals surface area contributed by atoms with E-state index >= 15 is 0 Å². The molecule has 1 atom stereocenters. The summed E-state index contributed by atoms with van der Waals surface area (Å²) in [6.45, 7) is 11.7. The van der Waals surface area contributed by atoms with Crippen molar-refractivity contribution in [3.8, 4) is 0 Å². The van der Waals surface area contributed by atoms with Crippen LogP contribution in [0, 0.1) is 5.92 Å². The average molecular weight is 313 g/mol. The van der Waals surface area contributed by atoms with Gasteiger partial charge in [0.1, 0.15) is 0 Å². The van der Waals surface area contributed by atoms with Crippen molar-refractivity contribution in [2.24, 2.45) is 10.9 Å². The SMILES string of the molecule is CCNC(=NCCCOC1CCOC1)NCCCCC(C)C. The summed E-state index contributed by atoms with van der Waals surface area (Å²) in [5.74, 6) is 1.73. The first-order chi connectivity index (χ1) is 10.7. The monoisotopic (exact) mass is 313 g/mol. The van der Waals surface area contributed by atoms with Gasteiger partial charge in [-0.25, -0.2) is 0 Å². The van der Waals surface area contributed by atoms with Gasteiger partial charge >= 0.3 is 0 Å². The molecule has 1 unspecified atom stereocenters. The first-order valence-corrected chi connectivity index (χ1v) is 8.94. The molecule has 1 heterocycles. The summed E-state index contributed by atoms with van der Waals surface area (Å²) in [5.41, 5.74) is 0. The van der Waals surface area contributed by atoms with Gasteiger partial charge in [-0.15, -0.1) is 0 Å². The van der Waals surface area contributed by atoms with Gasteiger partial charge in [-0.05, 0) is 32.1 Å². The Morgan fingerprint density at radius 3 is 2.82 bits per heavy atom. The number of hydrogen-bond acceptors (Lipinski definition) is 3. The normalized spacial score (nSPS) is 18.9. The molecule has 1 aliphatic heterocycles. The molecule has 0 aromatic rings. The largest absolute Gasteiger partial charge is 0.379 e. The molecule has 1 fully saturated rings. The Kier molecular flexibility index (Phi) is 11.1. The van der Waals surface area contributed by atoms with E-state index in [1.54, 1.807) is 0 Å². The summed E-state index contributed by atoms with van der Waals surface area (Å²) < 4.78 is 11.0. The summed E-state index contributed by atoms with van der Waals surface area (Å²) in [7, 11) is 0. The van der Waals surface area contributed by atoms with Gasteiger partial charge in [0.15, 0.2) is 5.96 Å². The Bertz CT molecular complexity index is 290. The molecule has 0 aromatic carbocycles. The second-order valence-corrected chi connectivity index (χ2v) is 6.29. The maximum Gasteiger partial charge on any atom is 0.191 e. The summed E-state index contributed by atoms with van der Waals surface area (Å²) in [6.07, 6.45) is 6.08. The second-order valence-electron chi connectivity index (χ2n) is 6.29. The zero-order valence-corrected chi connectivity index (χ0v) is 14.7. The minimum Gasteiger partial charge on any atom is -0.379 e. The number of ether oxygens (including phenoxy) is 2. The Labute approximate surface area is 136 Å². The number of guanidine groups is 1. The fourth-order valence-corrected chi connectivity index (χ4v) is 2.38. The highest BCUT2D eigenvalue weighted by atomic mass is 16.5. The first kappa shape index (κ1) is 19.2. The maximum atomic E-state index is 5.75. The Hall–Kier alpha value is -0.810. The van der Waals surface area contributed by atoms with E-state index in [0.717, 1.165) is 64.2 Å². The molecule has 1 aliphatic rings. The van der Waals surface area contributed by atoms with Crippen molar-refractivity contribution in [3.63, 3.8) is 0 Å². The summed E-state index contributed by atoms with van der Waals surface area (Å²) in [4.78, 5) is 4.59. The van der Waals surface area contributed by atoms with Crippen LogP contribution in [0.3, 0.4) is 0 Å². The van der Waals surface area contributed by atoms with E-state index in [2.05, 4.69) is 36.4 Å². The number of hydrogen-bond donors (Lipinski definition) is 2. The summed E-state index contributed by atoms with van der Waals surface area (Å²) in [5, 5.41) is 6.70. The highest BCUT2D eigenvalue weighted by Crippen LogP contribution is 2.08. The number of aliphatic imine (C=N–C) groups is 1. The lowest BCUT2D eigenvalue weighted by Crippen LogP contribution is -2.37. The van der Waals surface area contributed by atoms with Crippen molar-refractivity contribution in [2.45, 2.75) is 59.0 Å². The second kappa shape index (κ2) is 12.7. The van der Waals surface area contributed by atoms with Crippen LogP contribution in [0.2, 0.25) is 0 Å². The van der Waals surface area contributed by atoms with E-state index in [-0.39, 0.29) is 0 Å². The Morgan fingerprint density at radius 2 is 2.14 bits per heavy atom. The number of unbranched alkanes of at least 4 members (excludes halogenated alkanes) is 1. The third-order valence-electron chi connectivity index (χ3n) is 3.66. The molecule has 0 amide bonds. The van der Waals surface area contributed by atoms with E-state index < -0.39 is 0 Å². The van der Waals surface area contributed by atoms with Crippen molar-refractivity contribution in [3.05, 3.63) is 0 Å². The highest BCUT2D eigenvalue weighted by molar-refractivity contribution is 5.79. The lowest BCUT2D eigenvalue weighted by molar-refractivity contribution is 0.0424. The van der Waals surface area contributed by atoms with Crippen molar-refractivity contribution < 1.29 is 9.47 Å². The van der Waals surface area contributed by atoms with Crippen LogP contribution in [-0.4, -0.2) is 51.5 Å². The average Bonchev–Trinajstić information content (AvgIpc) is 2.99. The van der Waals surface area contributed by atoms with Gasteiger partial charge in [-0.2, -0.15) is 0 Å². The molecule has 2 N–H and O–H groups in total. The minimum absolute atomic E-state index is 0.302. The summed E-state index contributed by atoms with van der Waals surface area (Å²) >= 11 is 0. The molecule has 0 aliphatic carbocycles. The van der Waals surface area contributed by atoms with Crippen LogP contribution in [0.1, 0.15) is 52.9 Å². The van der Waals surface area contributed by atoms with Crippen molar-refractivity contribution in [1.82, 2.24) is 10.6 Å². The third-order valence-corrected chi connectivity index (χ3v) is 3.66. The van der Waals surface area contributed by atoms with E-state index in [1.165, 1.54) is 19.3 Å². The highest BCUT2D eigenvalue weighted by Gasteiger charge is 2.15. The molecule has 1 saturated heterocycles. The van der Waals surface area contributed by atoms with Crippen LogP contribution in [0.4, 0.5) is 0 Å². The van der Waals surface area contributed by atoms with Crippen LogP contribution >= 0.6 is 0 Å². The van der Waals surface area contributed by atoms with Crippen molar-refractivity contribution in [1.29, 1.82) is 0 Å². The third kappa shape index (κ3) is 10.0. The molecule has 130 valence electrons. The molecule has 0 radical (unpaired) electrons. The van der Waals surface area contributed by atoms with Crippen LogP contribution < -0.4 is 10.6 Å². The van der Waals surface area contributed by atoms with Crippen LogP contribution in [0.25, 0.3) is 0 Å². The standard InChI is InChI=1S/C17H35N3O2/c1-4-18-17(19-10-6-5-8-15(2)3)20-11-7-12-22-16-9-13-21-14-16/h15-16H,4-14H2,1-3H3,(H2,18,19,20). The Morgan fingerprint density at radius 1 is 1.27 bits per heavy atom. The number of nitrogens with zero attached hydrogens (tertiary/aromatic N) is 1. The van der Waals surface area contributed by atoms with E-state index in [1.807, 2.05) is 0 Å². The van der Waals surface area contributed by atoms with Crippen molar-refractivity contribution in [2.75, 3.05) is 39.5 Å². The van der Waals surface area contributed by atoms with Gasteiger partial charge in [-0.3, -0.25) is 4.99 Å². The smallest absolute Gasteiger partial charge is 0.191 e. The topological polar surface area (TPSA) is 54.9 Å². The zero-order valence-electron chi connectivity index (χ0n) is 14.7. The molecule has 22 heavy (non-hydrogen) atoms. The predicted octanol–water partition coefficient (Wildman–Crippen LogP) is 2.56. The maximum absolute atomic E-state index is 5.75. The molecule has 0 aromatic heterocycles. The molecule has 0 bridgehead atoms. The van der Waals surface area contributed by atoms with Crippen LogP contribution in [-0.2, 0) is 9.47 Å². The van der Waals surface area contributed by atoms with Gasteiger partial charge < -0.3 is 20.1 Å². The van der Waals surface area contributed by atoms with Crippen molar-refractivity contribution >= 4 is 5.96 Å². The zero-order chi connectivity index (χ0) is 16.0. The van der Waals surface area contributed by atoms with Gasteiger partial charge in [0.2, 0.25) is 0 Å². The first-order valence-electron chi connectivity index (χ1n) is 8.94. The predicted molar refractivity (Wildman–Crippen MR) is 92.5 cm³/mol. The fourth-order valence-electron chi connectivity index (χ4n) is 2.38. The van der Waals surface area contributed by atoms with Gasteiger partial charge in [0.05, 0.1) is 12.7 Å². The van der Waals surface area contributed by atoms with E-state index in [0.29, 0.717) is 6.10 Å². The van der Waals surface area contributed by atoms with Gasteiger partial charge in [-0.1, -0.05) is 26.7 Å².